The highest BCUT2D eigenvalue weighted by molar-refractivity contribution is 5.78. The number of amides is 1. The number of carbonyl (C=O) groups excluding carboxylic acids is 1. The fourth-order valence-electron chi connectivity index (χ4n) is 1.50. The fraction of sp³-hybridized carbons (Fsp3) is 0.417. The van der Waals surface area contributed by atoms with Gasteiger partial charge in [-0.05, 0) is 12.6 Å². The normalized spacial score (nSPS) is 11.9. The van der Waals surface area contributed by atoms with E-state index in [1.54, 1.807) is 19.2 Å². The molecular formula is C12H17N3O3. The van der Waals surface area contributed by atoms with Crippen LogP contribution in [0, 0.1) is 16.0 Å². The number of nitro groups is 1. The molecule has 1 atom stereocenters. The molecule has 2 N–H and O–H groups in total. The van der Waals surface area contributed by atoms with Crippen LogP contribution in [-0.4, -0.2) is 24.4 Å². The number of nitrogens with one attached hydrogen (secondary N) is 2. The third-order valence-electron chi connectivity index (χ3n) is 2.57. The van der Waals surface area contributed by atoms with Gasteiger partial charge in [-0.2, -0.15) is 0 Å². The van der Waals surface area contributed by atoms with E-state index in [-0.39, 0.29) is 17.5 Å². The van der Waals surface area contributed by atoms with Crippen molar-refractivity contribution >= 4 is 11.6 Å². The van der Waals surface area contributed by atoms with E-state index in [4.69, 9.17) is 0 Å². The molecule has 1 amide bonds. The second-order valence-electron chi connectivity index (χ2n) is 4.10. The molecule has 0 aromatic heterocycles. The summed E-state index contributed by atoms with van der Waals surface area (Å²) < 4.78 is 0. The van der Waals surface area contributed by atoms with E-state index in [1.165, 1.54) is 12.1 Å². The first-order valence-electron chi connectivity index (χ1n) is 5.70. The molecule has 1 unspecified atom stereocenters. The van der Waals surface area contributed by atoms with E-state index < -0.39 is 4.92 Å². The second kappa shape index (κ2) is 6.70. The SMILES string of the molecule is CNCC(C)C(=O)NCc1ccc([N+](=O)[O-])cc1. The molecule has 0 saturated carbocycles. The lowest BCUT2D eigenvalue weighted by molar-refractivity contribution is -0.384. The van der Waals surface area contributed by atoms with Crippen LogP contribution in [0.2, 0.25) is 0 Å². The predicted molar refractivity (Wildman–Crippen MR) is 68.0 cm³/mol. The van der Waals surface area contributed by atoms with Crippen molar-refractivity contribution < 1.29 is 9.72 Å². The molecule has 98 valence electrons. The van der Waals surface area contributed by atoms with Crippen molar-refractivity contribution in [3.63, 3.8) is 0 Å². The maximum Gasteiger partial charge on any atom is 0.269 e. The molecular weight excluding hydrogens is 234 g/mol. The fourth-order valence-corrected chi connectivity index (χ4v) is 1.50. The molecule has 1 rings (SSSR count). The van der Waals surface area contributed by atoms with Crippen molar-refractivity contribution in [3.05, 3.63) is 39.9 Å². The van der Waals surface area contributed by atoms with Gasteiger partial charge >= 0.3 is 0 Å². The second-order valence-corrected chi connectivity index (χ2v) is 4.10. The molecule has 0 aliphatic rings. The van der Waals surface area contributed by atoms with Gasteiger partial charge in [0.25, 0.3) is 5.69 Å². The Morgan fingerprint density at radius 2 is 2.00 bits per heavy atom. The van der Waals surface area contributed by atoms with Gasteiger partial charge in [-0.25, -0.2) is 0 Å². The lowest BCUT2D eigenvalue weighted by atomic mass is 10.1. The Hall–Kier alpha value is -1.95. The highest BCUT2D eigenvalue weighted by atomic mass is 16.6. The number of rotatable bonds is 6. The van der Waals surface area contributed by atoms with Crippen LogP contribution in [0.25, 0.3) is 0 Å². The first-order valence-corrected chi connectivity index (χ1v) is 5.70. The van der Waals surface area contributed by atoms with Gasteiger partial charge in [0.1, 0.15) is 0 Å². The van der Waals surface area contributed by atoms with Crippen LogP contribution < -0.4 is 10.6 Å². The smallest absolute Gasteiger partial charge is 0.269 e. The van der Waals surface area contributed by atoms with E-state index in [9.17, 15) is 14.9 Å². The van der Waals surface area contributed by atoms with E-state index in [2.05, 4.69) is 10.6 Å². The quantitative estimate of drug-likeness (QED) is 0.585. The predicted octanol–water partition coefficient (Wildman–Crippen LogP) is 1.07. The van der Waals surface area contributed by atoms with Crippen molar-refractivity contribution in [2.24, 2.45) is 5.92 Å². The maximum atomic E-state index is 11.6. The van der Waals surface area contributed by atoms with Crippen molar-refractivity contribution in [1.29, 1.82) is 0 Å². The number of non-ortho nitro benzene ring substituents is 1. The minimum atomic E-state index is -0.447. The van der Waals surface area contributed by atoms with Crippen LogP contribution >= 0.6 is 0 Å². The summed E-state index contributed by atoms with van der Waals surface area (Å²) in [5, 5.41) is 16.2. The van der Waals surface area contributed by atoms with Crippen LogP contribution in [0.15, 0.2) is 24.3 Å². The topological polar surface area (TPSA) is 84.3 Å². The summed E-state index contributed by atoms with van der Waals surface area (Å²) >= 11 is 0. The minimum Gasteiger partial charge on any atom is -0.352 e. The molecule has 0 bridgehead atoms. The first kappa shape index (κ1) is 14.1. The van der Waals surface area contributed by atoms with E-state index in [0.29, 0.717) is 13.1 Å². The van der Waals surface area contributed by atoms with Crippen LogP contribution in [0.1, 0.15) is 12.5 Å². The number of nitro benzene ring substituents is 1. The molecule has 1 aromatic rings. The van der Waals surface area contributed by atoms with Crippen molar-refractivity contribution in [1.82, 2.24) is 10.6 Å². The molecule has 6 heteroatoms. The zero-order valence-electron chi connectivity index (χ0n) is 10.5. The van der Waals surface area contributed by atoms with Gasteiger partial charge in [0, 0.05) is 31.1 Å². The minimum absolute atomic E-state index is 0.0392. The Kier molecular flexibility index (Phi) is 5.26. The lowest BCUT2D eigenvalue weighted by Crippen LogP contribution is -2.33. The molecule has 0 aliphatic heterocycles. The summed E-state index contributed by atoms with van der Waals surface area (Å²) in [5.41, 5.74) is 0.888. The van der Waals surface area contributed by atoms with E-state index in [0.717, 1.165) is 5.56 Å². The summed E-state index contributed by atoms with van der Waals surface area (Å²) in [6.45, 7) is 2.83. The first-order chi connectivity index (χ1) is 8.54. The number of benzene rings is 1. The van der Waals surface area contributed by atoms with Gasteiger partial charge in [0.2, 0.25) is 5.91 Å². The Morgan fingerprint density at radius 1 is 1.39 bits per heavy atom. The third kappa shape index (κ3) is 4.14. The molecule has 0 aliphatic carbocycles. The van der Waals surface area contributed by atoms with Crippen molar-refractivity contribution in [3.8, 4) is 0 Å². The van der Waals surface area contributed by atoms with Gasteiger partial charge in [-0.3, -0.25) is 14.9 Å². The molecule has 18 heavy (non-hydrogen) atoms. The Morgan fingerprint density at radius 3 is 2.50 bits per heavy atom. The number of hydrogen-bond donors (Lipinski definition) is 2. The number of carbonyl (C=O) groups is 1. The molecule has 0 heterocycles. The Balaban J connectivity index is 2.48. The van der Waals surface area contributed by atoms with Gasteiger partial charge in [-0.1, -0.05) is 19.1 Å². The maximum absolute atomic E-state index is 11.6. The largest absolute Gasteiger partial charge is 0.352 e. The number of hydrogen-bond acceptors (Lipinski definition) is 4. The summed E-state index contributed by atoms with van der Waals surface area (Å²) in [6, 6.07) is 6.14. The molecule has 0 saturated heterocycles. The molecule has 0 fully saturated rings. The zero-order chi connectivity index (χ0) is 13.5. The average molecular weight is 251 g/mol. The highest BCUT2D eigenvalue weighted by Gasteiger charge is 2.11. The van der Waals surface area contributed by atoms with Gasteiger partial charge in [0.05, 0.1) is 4.92 Å². The summed E-state index contributed by atoms with van der Waals surface area (Å²) in [4.78, 5) is 21.6. The van der Waals surface area contributed by atoms with Gasteiger partial charge in [-0.15, -0.1) is 0 Å². The van der Waals surface area contributed by atoms with E-state index in [1.807, 2.05) is 6.92 Å². The number of nitrogens with zero attached hydrogens (tertiary/aromatic N) is 1. The van der Waals surface area contributed by atoms with Crippen LogP contribution in [0.3, 0.4) is 0 Å². The molecule has 1 aromatic carbocycles. The highest BCUT2D eigenvalue weighted by Crippen LogP contribution is 2.11. The van der Waals surface area contributed by atoms with Gasteiger partial charge < -0.3 is 10.6 Å². The van der Waals surface area contributed by atoms with Crippen molar-refractivity contribution in [2.75, 3.05) is 13.6 Å². The summed E-state index contributed by atoms with van der Waals surface area (Å²) in [5.74, 6) is -0.143. The Labute approximate surface area is 106 Å². The van der Waals surface area contributed by atoms with E-state index >= 15 is 0 Å². The van der Waals surface area contributed by atoms with Crippen LogP contribution in [0.4, 0.5) is 5.69 Å². The van der Waals surface area contributed by atoms with Crippen LogP contribution in [0.5, 0.6) is 0 Å². The molecule has 6 nitrogen and oxygen atoms in total. The average Bonchev–Trinajstić information content (AvgIpc) is 2.36. The lowest BCUT2D eigenvalue weighted by Gasteiger charge is -2.11. The molecule has 0 radical (unpaired) electrons. The van der Waals surface area contributed by atoms with Crippen LogP contribution in [-0.2, 0) is 11.3 Å². The third-order valence-corrected chi connectivity index (χ3v) is 2.57. The zero-order valence-corrected chi connectivity index (χ0v) is 10.5. The van der Waals surface area contributed by atoms with Crippen molar-refractivity contribution in [2.45, 2.75) is 13.5 Å². The van der Waals surface area contributed by atoms with Gasteiger partial charge in [0.15, 0.2) is 0 Å². The Bertz CT molecular complexity index is 417. The molecule has 0 spiro atoms. The summed E-state index contributed by atoms with van der Waals surface area (Å²) in [6.07, 6.45) is 0. The summed E-state index contributed by atoms with van der Waals surface area (Å²) in [7, 11) is 1.79. The standard InChI is InChI=1S/C12H17N3O3/c1-9(7-13-2)12(16)14-8-10-3-5-11(6-4-10)15(17)18/h3-6,9,13H,7-8H2,1-2H3,(H,14,16). The monoisotopic (exact) mass is 251 g/mol.